The van der Waals surface area contributed by atoms with Crippen LogP contribution in [0.15, 0.2) is 84.0 Å². The molecule has 2 heteroatoms. The van der Waals surface area contributed by atoms with Crippen molar-refractivity contribution in [3.8, 4) is 5.75 Å². The molecule has 0 aliphatic heterocycles. The maximum absolute atomic E-state index is 13.5. The van der Waals surface area contributed by atoms with E-state index in [1.165, 1.54) is 35.1 Å². The summed E-state index contributed by atoms with van der Waals surface area (Å²) in [4.78, 5) is 13.5. The van der Waals surface area contributed by atoms with Crippen LogP contribution in [-0.4, -0.2) is 10.9 Å². The molecule has 1 N–H and O–H groups in total. The molecule has 31 heavy (non-hydrogen) atoms. The van der Waals surface area contributed by atoms with Crippen LogP contribution in [0, 0.1) is 24.7 Å². The molecule has 0 spiro atoms. The Morgan fingerprint density at radius 2 is 1.81 bits per heavy atom. The Morgan fingerprint density at radius 3 is 2.52 bits per heavy atom. The Morgan fingerprint density at radius 1 is 1.03 bits per heavy atom. The second-order valence-electron chi connectivity index (χ2n) is 9.42. The monoisotopic (exact) mass is 410 g/mol. The third-order valence-corrected chi connectivity index (χ3v) is 7.43. The highest BCUT2D eigenvalue weighted by atomic mass is 16.3. The van der Waals surface area contributed by atoms with Crippen molar-refractivity contribution in [2.75, 3.05) is 0 Å². The Hall–Kier alpha value is -2.87. The molecule has 1 saturated carbocycles. The van der Waals surface area contributed by atoms with E-state index in [4.69, 9.17) is 0 Å². The van der Waals surface area contributed by atoms with Gasteiger partial charge < -0.3 is 5.11 Å². The first kappa shape index (κ1) is 20.1. The number of Topliss-reactive ketones (excluding diaryl/α,β-unsaturated/α-hetero) is 1. The second kappa shape index (κ2) is 8.34. The van der Waals surface area contributed by atoms with Crippen molar-refractivity contribution < 1.29 is 9.90 Å². The summed E-state index contributed by atoms with van der Waals surface area (Å²) in [5.41, 5.74) is 6.28. The van der Waals surface area contributed by atoms with E-state index in [1.807, 2.05) is 24.3 Å². The summed E-state index contributed by atoms with van der Waals surface area (Å²) in [6, 6.07) is 16.5. The van der Waals surface area contributed by atoms with Crippen LogP contribution in [0.25, 0.3) is 0 Å². The number of hydrogen-bond donors (Lipinski definition) is 1. The van der Waals surface area contributed by atoms with Gasteiger partial charge in [-0.1, -0.05) is 78.3 Å². The lowest BCUT2D eigenvalue weighted by Gasteiger charge is -2.34. The lowest BCUT2D eigenvalue weighted by molar-refractivity contribution is -0.118. The molecular formula is C29H30O2. The molecule has 2 aromatic rings. The maximum atomic E-state index is 13.5. The number of carbonyl (C=O) groups is 1. The molecule has 3 aliphatic rings. The van der Waals surface area contributed by atoms with Gasteiger partial charge in [0, 0.05) is 11.8 Å². The summed E-state index contributed by atoms with van der Waals surface area (Å²) >= 11 is 0. The molecule has 5 rings (SSSR count). The molecule has 2 aromatic carbocycles. The number of ketones is 1. The predicted octanol–water partition coefficient (Wildman–Crippen LogP) is 6.45. The van der Waals surface area contributed by atoms with Gasteiger partial charge in [0.05, 0.1) is 0 Å². The minimum Gasteiger partial charge on any atom is -0.508 e. The zero-order chi connectivity index (χ0) is 21.4. The van der Waals surface area contributed by atoms with Gasteiger partial charge in [0.2, 0.25) is 0 Å². The number of phenols is 1. The zero-order valence-corrected chi connectivity index (χ0v) is 18.1. The number of allylic oxidation sites excluding steroid dienone is 6. The fourth-order valence-corrected chi connectivity index (χ4v) is 5.88. The van der Waals surface area contributed by atoms with E-state index >= 15 is 0 Å². The molecule has 0 radical (unpaired) electrons. The van der Waals surface area contributed by atoms with Crippen molar-refractivity contribution in [1.82, 2.24) is 0 Å². The Kier molecular flexibility index (Phi) is 5.40. The van der Waals surface area contributed by atoms with Crippen molar-refractivity contribution in [2.24, 2.45) is 17.8 Å². The molecular weight excluding hydrogens is 380 g/mol. The molecule has 1 fully saturated rings. The standard InChI is InChI=1S/C29H30O2/c1-19-9-11-20(12-10-19)17-23-7-4-8-25-26(23)18-27(29(31)22-5-2-3-6-22)28(25)21-13-15-24(30)16-14-21/h2-3,5,9-16,18,23,25,27-28,30H,4,6-8,17H2,1H3. The summed E-state index contributed by atoms with van der Waals surface area (Å²) in [6.45, 7) is 2.13. The lowest BCUT2D eigenvalue weighted by Crippen LogP contribution is -2.26. The normalized spacial score (nSPS) is 27.0. The number of rotatable bonds is 5. The summed E-state index contributed by atoms with van der Waals surface area (Å²) in [7, 11) is 0. The first-order valence-electron chi connectivity index (χ1n) is 11.6. The molecule has 158 valence electrons. The van der Waals surface area contributed by atoms with E-state index in [-0.39, 0.29) is 23.4 Å². The van der Waals surface area contributed by atoms with Gasteiger partial charge >= 0.3 is 0 Å². The number of hydrogen-bond acceptors (Lipinski definition) is 2. The first-order valence-corrected chi connectivity index (χ1v) is 11.6. The van der Waals surface area contributed by atoms with Crippen LogP contribution in [-0.2, 0) is 11.2 Å². The van der Waals surface area contributed by atoms with Crippen molar-refractivity contribution in [3.63, 3.8) is 0 Å². The Labute approximate surface area is 185 Å². The fraction of sp³-hybridized carbons (Fsp3) is 0.345. The summed E-state index contributed by atoms with van der Waals surface area (Å²) in [6.07, 6.45) is 13.7. The van der Waals surface area contributed by atoms with Crippen LogP contribution in [0.5, 0.6) is 5.75 Å². The smallest absolute Gasteiger partial charge is 0.166 e. The minimum absolute atomic E-state index is 0.102. The number of aromatic hydroxyl groups is 1. The molecule has 3 aliphatic carbocycles. The third kappa shape index (κ3) is 3.92. The van der Waals surface area contributed by atoms with Crippen molar-refractivity contribution >= 4 is 5.78 Å². The van der Waals surface area contributed by atoms with Gasteiger partial charge in [-0.05, 0) is 73.3 Å². The zero-order valence-electron chi connectivity index (χ0n) is 18.1. The molecule has 0 aromatic heterocycles. The minimum atomic E-state index is -0.102. The van der Waals surface area contributed by atoms with E-state index in [2.05, 4.69) is 43.3 Å². The van der Waals surface area contributed by atoms with Crippen LogP contribution in [0.1, 0.15) is 48.3 Å². The fourth-order valence-electron chi connectivity index (χ4n) is 5.88. The van der Waals surface area contributed by atoms with Gasteiger partial charge in [-0.2, -0.15) is 0 Å². The van der Waals surface area contributed by atoms with Crippen molar-refractivity contribution in [3.05, 3.63) is 101 Å². The SMILES string of the molecule is Cc1ccc(CC2CCCC3C2=CC(C(=O)C2=CC=CC2)C3c2ccc(O)cc2)cc1. The van der Waals surface area contributed by atoms with Crippen LogP contribution in [0.3, 0.4) is 0 Å². The summed E-state index contributed by atoms with van der Waals surface area (Å²) in [5.74, 6) is 1.55. The summed E-state index contributed by atoms with van der Waals surface area (Å²) < 4.78 is 0. The highest BCUT2D eigenvalue weighted by Crippen LogP contribution is 2.53. The van der Waals surface area contributed by atoms with Gasteiger partial charge in [-0.25, -0.2) is 0 Å². The van der Waals surface area contributed by atoms with Gasteiger partial charge in [0.15, 0.2) is 5.78 Å². The van der Waals surface area contributed by atoms with E-state index in [0.717, 1.165) is 24.8 Å². The Bertz CT molecular complexity index is 1050. The number of aryl methyl sites for hydroxylation is 1. The van der Waals surface area contributed by atoms with Crippen LogP contribution in [0.2, 0.25) is 0 Å². The highest BCUT2D eigenvalue weighted by molar-refractivity contribution is 6.00. The van der Waals surface area contributed by atoms with Crippen LogP contribution >= 0.6 is 0 Å². The lowest BCUT2D eigenvalue weighted by atomic mass is 9.70. The molecule has 0 heterocycles. The number of phenolic OH excluding ortho intramolecular Hbond substituents is 1. The first-order chi connectivity index (χ1) is 15.1. The number of fused-ring (bicyclic) bond motifs is 1. The largest absolute Gasteiger partial charge is 0.508 e. The molecule has 4 unspecified atom stereocenters. The van der Waals surface area contributed by atoms with Gasteiger partial charge in [-0.3, -0.25) is 4.79 Å². The van der Waals surface area contributed by atoms with Crippen LogP contribution in [0.4, 0.5) is 0 Å². The average molecular weight is 411 g/mol. The van der Waals surface area contributed by atoms with Gasteiger partial charge in [-0.15, -0.1) is 0 Å². The topological polar surface area (TPSA) is 37.3 Å². The predicted molar refractivity (Wildman–Crippen MR) is 125 cm³/mol. The van der Waals surface area contributed by atoms with E-state index in [1.54, 1.807) is 12.1 Å². The maximum Gasteiger partial charge on any atom is 0.166 e. The molecule has 0 bridgehead atoms. The van der Waals surface area contributed by atoms with E-state index in [9.17, 15) is 9.90 Å². The second-order valence-corrected chi connectivity index (χ2v) is 9.42. The van der Waals surface area contributed by atoms with E-state index < -0.39 is 0 Å². The van der Waals surface area contributed by atoms with Gasteiger partial charge in [0.25, 0.3) is 0 Å². The number of carbonyl (C=O) groups excluding carboxylic acids is 1. The average Bonchev–Trinajstić information content (AvgIpc) is 3.44. The molecule has 2 nitrogen and oxygen atoms in total. The van der Waals surface area contributed by atoms with E-state index in [0.29, 0.717) is 11.8 Å². The van der Waals surface area contributed by atoms with Crippen molar-refractivity contribution in [1.29, 1.82) is 0 Å². The van der Waals surface area contributed by atoms with Gasteiger partial charge in [0.1, 0.15) is 5.75 Å². The summed E-state index contributed by atoms with van der Waals surface area (Å²) in [5, 5.41) is 9.81. The Balaban J connectivity index is 1.49. The van der Waals surface area contributed by atoms with Crippen LogP contribution < -0.4 is 0 Å². The third-order valence-electron chi connectivity index (χ3n) is 7.43. The number of benzene rings is 2. The quantitative estimate of drug-likeness (QED) is 0.575. The highest BCUT2D eigenvalue weighted by Gasteiger charge is 2.45. The molecule has 0 amide bonds. The molecule has 0 saturated heterocycles. The van der Waals surface area contributed by atoms with Crippen molar-refractivity contribution in [2.45, 2.75) is 44.9 Å². The molecule has 4 atom stereocenters.